The Morgan fingerprint density at radius 2 is 1.80 bits per heavy atom. The van der Waals surface area contributed by atoms with Crippen LogP contribution in [0.4, 0.5) is 0 Å². The number of halogens is 1. The third-order valence-electron chi connectivity index (χ3n) is 4.01. The molecule has 8 heteroatoms. The fraction of sp³-hybridized carbons (Fsp3) is 0.227. The lowest BCUT2D eigenvalue weighted by Crippen LogP contribution is -2.17. The van der Waals surface area contributed by atoms with Gasteiger partial charge in [0, 0.05) is 6.07 Å². The van der Waals surface area contributed by atoms with Gasteiger partial charge in [-0.05, 0) is 49.7 Å². The Balaban J connectivity index is 1.78. The number of hydrogen-bond donors (Lipinski definition) is 0. The first kappa shape index (κ1) is 21.4. The fourth-order valence-electron chi connectivity index (χ4n) is 2.49. The third-order valence-corrected chi connectivity index (χ3v) is 4.19. The number of alkyl halides is 1. The summed E-state index contributed by atoms with van der Waals surface area (Å²) in [6, 6.07) is 10.6. The molecule has 1 heterocycles. The summed E-state index contributed by atoms with van der Waals surface area (Å²) >= 11 is 5.68. The van der Waals surface area contributed by atoms with Crippen molar-refractivity contribution in [3.8, 4) is 17.2 Å². The predicted molar refractivity (Wildman–Crippen MR) is 111 cm³/mol. The first-order chi connectivity index (χ1) is 14.4. The summed E-state index contributed by atoms with van der Waals surface area (Å²) in [4.78, 5) is 36.1. The van der Waals surface area contributed by atoms with Gasteiger partial charge in [0.1, 0.15) is 28.7 Å². The van der Waals surface area contributed by atoms with Gasteiger partial charge in [-0.25, -0.2) is 4.79 Å². The second-order valence-corrected chi connectivity index (χ2v) is 7.04. The van der Waals surface area contributed by atoms with Gasteiger partial charge < -0.3 is 18.6 Å². The largest absolute Gasteiger partial charge is 0.462 e. The van der Waals surface area contributed by atoms with Crippen molar-refractivity contribution in [2.75, 3.05) is 6.61 Å². The number of ether oxygens (including phenoxy) is 3. The molecule has 0 fully saturated rings. The Bertz CT molecular complexity index is 1120. The number of benzene rings is 2. The lowest BCUT2D eigenvalue weighted by atomic mass is 10.2. The third kappa shape index (κ3) is 4.99. The Hall–Kier alpha value is -3.32. The minimum Gasteiger partial charge on any atom is -0.462 e. The average Bonchev–Trinajstić information content (AvgIpc) is 2.74. The highest BCUT2D eigenvalue weighted by Gasteiger charge is 2.15. The molecule has 1 unspecified atom stereocenters. The van der Waals surface area contributed by atoms with Gasteiger partial charge in [0.05, 0.1) is 17.6 Å². The topological polar surface area (TPSA) is 92.0 Å². The predicted octanol–water partition coefficient (Wildman–Crippen LogP) is 4.68. The van der Waals surface area contributed by atoms with Crippen molar-refractivity contribution in [2.45, 2.75) is 25.6 Å². The highest BCUT2D eigenvalue weighted by molar-refractivity contribution is 6.29. The molecule has 156 valence electrons. The summed E-state index contributed by atoms with van der Waals surface area (Å²) in [6.07, 6.45) is 1.91. The van der Waals surface area contributed by atoms with Crippen LogP contribution in [-0.2, 0) is 9.53 Å². The van der Waals surface area contributed by atoms with E-state index in [1.165, 1.54) is 31.4 Å². The van der Waals surface area contributed by atoms with Crippen LogP contribution in [0.15, 0.2) is 57.9 Å². The molecule has 0 spiro atoms. The second-order valence-electron chi connectivity index (χ2n) is 6.39. The van der Waals surface area contributed by atoms with E-state index < -0.39 is 22.7 Å². The molecular formula is C22H19ClO7. The van der Waals surface area contributed by atoms with Crippen LogP contribution >= 0.6 is 11.6 Å². The molecule has 0 saturated heterocycles. The molecule has 0 aliphatic carbocycles. The SMILES string of the molecule is CCCOC(=O)c1ccc(Oc2coc3cc(OC(=O)C(C)Cl)ccc3c2=O)cc1. The molecule has 0 N–H and O–H groups in total. The Kier molecular flexibility index (Phi) is 6.74. The molecular weight excluding hydrogens is 412 g/mol. The van der Waals surface area contributed by atoms with Gasteiger partial charge in [-0.15, -0.1) is 11.6 Å². The first-order valence-corrected chi connectivity index (χ1v) is 9.69. The maximum Gasteiger partial charge on any atom is 0.338 e. The van der Waals surface area contributed by atoms with Crippen molar-refractivity contribution in [3.63, 3.8) is 0 Å². The van der Waals surface area contributed by atoms with Gasteiger partial charge in [0.2, 0.25) is 11.2 Å². The van der Waals surface area contributed by atoms with E-state index in [2.05, 4.69) is 0 Å². The summed E-state index contributed by atoms with van der Waals surface area (Å²) < 4.78 is 21.2. The molecule has 0 radical (unpaired) electrons. The number of esters is 2. The van der Waals surface area contributed by atoms with Crippen molar-refractivity contribution in [1.82, 2.24) is 0 Å². The zero-order chi connectivity index (χ0) is 21.7. The minimum atomic E-state index is -0.802. The monoisotopic (exact) mass is 430 g/mol. The maximum absolute atomic E-state index is 12.7. The molecule has 1 atom stereocenters. The Morgan fingerprint density at radius 3 is 2.47 bits per heavy atom. The van der Waals surface area contributed by atoms with Crippen LogP contribution in [0, 0.1) is 0 Å². The Labute approximate surface area is 177 Å². The van der Waals surface area contributed by atoms with E-state index in [1.807, 2.05) is 6.92 Å². The summed E-state index contributed by atoms with van der Waals surface area (Å²) in [6.45, 7) is 3.75. The fourth-order valence-corrected chi connectivity index (χ4v) is 2.53. The maximum atomic E-state index is 12.7. The minimum absolute atomic E-state index is 0.0251. The number of hydrogen-bond acceptors (Lipinski definition) is 7. The van der Waals surface area contributed by atoms with Gasteiger partial charge in [0.15, 0.2) is 0 Å². The standard InChI is InChI=1S/C22H19ClO7/c1-3-10-27-22(26)14-4-6-15(7-5-14)29-19-12-28-18-11-16(30-21(25)13(2)23)8-9-17(18)20(19)24/h4-9,11-13H,3,10H2,1-2H3. The molecule has 0 bridgehead atoms. The van der Waals surface area contributed by atoms with Crippen LogP contribution in [0.2, 0.25) is 0 Å². The average molecular weight is 431 g/mol. The highest BCUT2D eigenvalue weighted by atomic mass is 35.5. The van der Waals surface area contributed by atoms with Crippen molar-refractivity contribution in [1.29, 1.82) is 0 Å². The molecule has 0 aliphatic rings. The van der Waals surface area contributed by atoms with Crippen molar-refractivity contribution < 1.29 is 28.2 Å². The summed E-state index contributed by atoms with van der Waals surface area (Å²) in [5.41, 5.74) is 0.217. The molecule has 1 aromatic heterocycles. The van der Waals surface area contributed by atoms with Crippen molar-refractivity contribution in [3.05, 3.63) is 64.5 Å². The highest BCUT2D eigenvalue weighted by Crippen LogP contribution is 2.24. The number of fused-ring (bicyclic) bond motifs is 1. The molecule has 0 amide bonds. The van der Waals surface area contributed by atoms with Crippen molar-refractivity contribution >= 4 is 34.5 Å². The zero-order valence-corrected chi connectivity index (χ0v) is 17.1. The number of rotatable bonds is 7. The summed E-state index contributed by atoms with van der Waals surface area (Å²) in [5.74, 6) is -0.491. The normalized spacial score (nSPS) is 11.7. The van der Waals surface area contributed by atoms with E-state index >= 15 is 0 Å². The van der Waals surface area contributed by atoms with Gasteiger partial charge in [-0.3, -0.25) is 9.59 Å². The van der Waals surface area contributed by atoms with Crippen molar-refractivity contribution in [2.24, 2.45) is 0 Å². The molecule has 3 aromatic rings. The quantitative estimate of drug-likeness (QED) is 0.305. The van der Waals surface area contributed by atoms with Crippen LogP contribution in [0.1, 0.15) is 30.6 Å². The smallest absolute Gasteiger partial charge is 0.338 e. The Morgan fingerprint density at radius 1 is 1.10 bits per heavy atom. The number of carbonyl (C=O) groups is 2. The summed E-state index contributed by atoms with van der Waals surface area (Å²) in [5, 5.41) is -0.547. The van der Waals surface area contributed by atoms with E-state index in [4.69, 9.17) is 30.2 Å². The number of carbonyl (C=O) groups excluding carboxylic acids is 2. The van der Waals surface area contributed by atoms with E-state index in [0.29, 0.717) is 17.9 Å². The van der Waals surface area contributed by atoms with E-state index in [0.717, 1.165) is 6.42 Å². The molecule has 7 nitrogen and oxygen atoms in total. The van der Waals surface area contributed by atoms with Crippen LogP contribution in [-0.4, -0.2) is 23.9 Å². The molecule has 3 rings (SSSR count). The van der Waals surface area contributed by atoms with E-state index in [9.17, 15) is 14.4 Å². The van der Waals surface area contributed by atoms with Crippen LogP contribution < -0.4 is 14.9 Å². The summed E-state index contributed by atoms with van der Waals surface area (Å²) in [7, 11) is 0. The molecule has 2 aromatic carbocycles. The van der Waals surface area contributed by atoms with E-state index in [1.54, 1.807) is 24.3 Å². The van der Waals surface area contributed by atoms with E-state index in [-0.39, 0.29) is 22.5 Å². The zero-order valence-electron chi connectivity index (χ0n) is 16.3. The van der Waals surface area contributed by atoms with Gasteiger partial charge in [0.25, 0.3) is 0 Å². The first-order valence-electron chi connectivity index (χ1n) is 9.25. The van der Waals surface area contributed by atoms with Gasteiger partial charge in [-0.2, -0.15) is 0 Å². The van der Waals surface area contributed by atoms with Crippen LogP contribution in [0.25, 0.3) is 11.0 Å². The molecule has 30 heavy (non-hydrogen) atoms. The lowest BCUT2D eigenvalue weighted by Gasteiger charge is -2.08. The van der Waals surface area contributed by atoms with Crippen LogP contribution in [0.5, 0.6) is 17.2 Å². The van der Waals surface area contributed by atoms with Gasteiger partial charge >= 0.3 is 11.9 Å². The molecule has 0 saturated carbocycles. The van der Waals surface area contributed by atoms with Gasteiger partial charge in [-0.1, -0.05) is 6.92 Å². The lowest BCUT2D eigenvalue weighted by molar-refractivity contribution is -0.133. The molecule has 0 aliphatic heterocycles. The second kappa shape index (κ2) is 9.45. The van der Waals surface area contributed by atoms with Crippen LogP contribution in [0.3, 0.4) is 0 Å².